The van der Waals surface area contributed by atoms with Crippen LogP contribution in [0.1, 0.15) is 50.6 Å². The molecular formula is C19H26N4O4S. The van der Waals surface area contributed by atoms with Gasteiger partial charge in [-0.15, -0.1) is 0 Å². The molecule has 9 heteroatoms. The third-order valence-corrected chi connectivity index (χ3v) is 5.83. The predicted octanol–water partition coefficient (Wildman–Crippen LogP) is 2.99. The molecule has 0 unspecified atom stereocenters. The molecule has 0 bridgehead atoms. The summed E-state index contributed by atoms with van der Waals surface area (Å²) in [6.07, 6.45) is 5.16. The molecule has 1 saturated heterocycles. The van der Waals surface area contributed by atoms with E-state index in [4.69, 9.17) is 4.42 Å². The van der Waals surface area contributed by atoms with Gasteiger partial charge in [-0.2, -0.15) is 0 Å². The molecule has 28 heavy (non-hydrogen) atoms. The van der Waals surface area contributed by atoms with Crippen molar-refractivity contribution in [3.05, 3.63) is 36.2 Å². The van der Waals surface area contributed by atoms with Gasteiger partial charge < -0.3 is 14.6 Å². The summed E-state index contributed by atoms with van der Waals surface area (Å²) in [5, 5.41) is 2.37. The number of carbonyl (C=O) groups excluding carboxylic acids is 1. The molecule has 0 spiro atoms. The minimum atomic E-state index is -3.84. The molecule has 1 amide bonds. The molecular weight excluding hydrogens is 380 g/mol. The van der Waals surface area contributed by atoms with Crippen LogP contribution in [-0.2, 0) is 10.0 Å². The first-order chi connectivity index (χ1) is 13.1. The van der Waals surface area contributed by atoms with Crippen molar-refractivity contribution in [2.24, 2.45) is 0 Å². The van der Waals surface area contributed by atoms with Gasteiger partial charge in [-0.1, -0.05) is 0 Å². The summed E-state index contributed by atoms with van der Waals surface area (Å²) in [6.45, 7) is 7.15. The minimum absolute atomic E-state index is 0.0885. The standard InChI is InChI=1S/C19H26N4O4S/c1-19(2,3)22-28(25,26)17-10-8-15(27-17)18(24)21-14-7-9-16(20-13-14)23-11-5-4-6-12-23/h7-10,13,22H,4-6,11-12H2,1-3H3,(H,21,24). The number of nitrogens with one attached hydrogen (secondary N) is 2. The van der Waals surface area contributed by atoms with E-state index in [1.165, 1.54) is 18.6 Å². The van der Waals surface area contributed by atoms with Crippen LogP contribution in [0.15, 0.2) is 40.0 Å². The van der Waals surface area contributed by atoms with Crippen molar-refractivity contribution in [1.82, 2.24) is 9.71 Å². The highest BCUT2D eigenvalue weighted by atomic mass is 32.2. The lowest BCUT2D eigenvalue weighted by Crippen LogP contribution is -2.40. The van der Waals surface area contributed by atoms with Crippen LogP contribution in [-0.4, -0.2) is 37.9 Å². The number of rotatable bonds is 5. The molecule has 8 nitrogen and oxygen atoms in total. The van der Waals surface area contributed by atoms with Crippen molar-refractivity contribution in [2.45, 2.75) is 50.7 Å². The van der Waals surface area contributed by atoms with Crippen molar-refractivity contribution in [3.8, 4) is 0 Å². The van der Waals surface area contributed by atoms with Crippen LogP contribution in [0.4, 0.5) is 11.5 Å². The number of nitrogens with zero attached hydrogens (tertiary/aromatic N) is 2. The number of furan rings is 1. The maximum absolute atomic E-state index is 12.4. The molecule has 3 heterocycles. The van der Waals surface area contributed by atoms with Crippen LogP contribution in [0, 0.1) is 0 Å². The Hall–Kier alpha value is -2.39. The fraction of sp³-hybridized carbons (Fsp3) is 0.474. The summed E-state index contributed by atoms with van der Waals surface area (Å²) in [5.41, 5.74) is -0.144. The highest BCUT2D eigenvalue weighted by molar-refractivity contribution is 7.89. The molecule has 152 valence electrons. The zero-order valence-corrected chi connectivity index (χ0v) is 17.2. The quantitative estimate of drug-likeness (QED) is 0.791. The zero-order chi connectivity index (χ0) is 20.4. The molecule has 0 aliphatic carbocycles. The van der Waals surface area contributed by atoms with Gasteiger partial charge >= 0.3 is 0 Å². The monoisotopic (exact) mass is 406 g/mol. The Morgan fingerprint density at radius 1 is 1.11 bits per heavy atom. The Labute approximate surface area is 165 Å². The topological polar surface area (TPSA) is 105 Å². The Morgan fingerprint density at radius 3 is 2.43 bits per heavy atom. The number of amides is 1. The number of hydrogen-bond donors (Lipinski definition) is 2. The van der Waals surface area contributed by atoms with E-state index in [-0.39, 0.29) is 10.9 Å². The molecule has 2 aromatic rings. The zero-order valence-electron chi connectivity index (χ0n) is 16.4. The number of piperidine rings is 1. The van der Waals surface area contributed by atoms with E-state index in [0.29, 0.717) is 5.69 Å². The van der Waals surface area contributed by atoms with Gasteiger partial charge in [0.1, 0.15) is 5.82 Å². The number of sulfonamides is 1. The van der Waals surface area contributed by atoms with Crippen molar-refractivity contribution in [1.29, 1.82) is 0 Å². The molecule has 0 atom stereocenters. The smallest absolute Gasteiger partial charge is 0.291 e. The van der Waals surface area contributed by atoms with E-state index in [1.54, 1.807) is 33.0 Å². The average Bonchev–Trinajstić information content (AvgIpc) is 3.12. The number of anilines is 2. The van der Waals surface area contributed by atoms with Gasteiger partial charge in [0.2, 0.25) is 5.09 Å². The highest BCUT2D eigenvalue weighted by Crippen LogP contribution is 2.20. The van der Waals surface area contributed by atoms with Gasteiger partial charge in [0.25, 0.3) is 15.9 Å². The summed E-state index contributed by atoms with van der Waals surface area (Å²) in [4.78, 5) is 19.0. The molecule has 3 rings (SSSR count). The lowest BCUT2D eigenvalue weighted by molar-refractivity contribution is 0.0991. The third-order valence-electron chi connectivity index (χ3n) is 4.20. The molecule has 1 aliphatic heterocycles. The van der Waals surface area contributed by atoms with Crippen LogP contribution in [0.5, 0.6) is 0 Å². The van der Waals surface area contributed by atoms with Gasteiger partial charge in [-0.05, 0) is 64.3 Å². The summed E-state index contributed by atoms with van der Waals surface area (Å²) in [5.74, 6) is 0.261. The Kier molecular flexibility index (Phi) is 5.76. The maximum Gasteiger partial charge on any atom is 0.291 e. The Balaban J connectivity index is 1.66. The first kappa shape index (κ1) is 20.3. The normalized spacial score (nSPS) is 15.5. The molecule has 0 radical (unpaired) electrons. The second kappa shape index (κ2) is 7.92. The molecule has 2 N–H and O–H groups in total. The SMILES string of the molecule is CC(C)(C)NS(=O)(=O)c1ccc(C(=O)Nc2ccc(N3CCCCC3)nc2)o1. The number of hydrogen-bond acceptors (Lipinski definition) is 6. The lowest BCUT2D eigenvalue weighted by Gasteiger charge is -2.27. The molecule has 1 aliphatic rings. The molecule has 0 aromatic carbocycles. The third kappa shape index (κ3) is 5.11. The van der Waals surface area contributed by atoms with E-state index < -0.39 is 21.5 Å². The first-order valence-corrected chi connectivity index (χ1v) is 10.8. The Morgan fingerprint density at radius 2 is 1.82 bits per heavy atom. The van der Waals surface area contributed by atoms with E-state index in [1.807, 2.05) is 6.07 Å². The van der Waals surface area contributed by atoms with E-state index in [9.17, 15) is 13.2 Å². The fourth-order valence-corrected chi connectivity index (χ4v) is 4.36. The highest BCUT2D eigenvalue weighted by Gasteiger charge is 2.26. The van der Waals surface area contributed by atoms with Gasteiger partial charge in [0.15, 0.2) is 5.76 Å². The maximum atomic E-state index is 12.4. The lowest BCUT2D eigenvalue weighted by atomic mass is 10.1. The van der Waals surface area contributed by atoms with Crippen molar-refractivity contribution >= 4 is 27.4 Å². The van der Waals surface area contributed by atoms with E-state index in [2.05, 4.69) is 19.9 Å². The molecule has 2 aromatic heterocycles. The summed E-state index contributed by atoms with van der Waals surface area (Å²) < 4.78 is 32.3. The van der Waals surface area contributed by atoms with E-state index in [0.717, 1.165) is 31.7 Å². The summed E-state index contributed by atoms with van der Waals surface area (Å²) in [6, 6.07) is 6.24. The van der Waals surface area contributed by atoms with Crippen LogP contribution in [0.25, 0.3) is 0 Å². The van der Waals surface area contributed by atoms with Gasteiger partial charge in [-0.3, -0.25) is 4.79 Å². The van der Waals surface area contributed by atoms with Crippen LogP contribution in [0.3, 0.4) is 0 Å². The number of carbonyl (C=O) groups is 1. The van der Waals surface area contributed by atoms with Crippen LogP contribution < -0.4 is 14.9 Å². The summed E-state index contributed by atoms with van der Waals surface area (Å²) >= 11 is 0. The molecule has 0 saturated carbocycles. The average molecular weight is 407 g/mol. The second-order valence-corrected chi connectivity index (χ2v) is 9.49. The predicted molar refractivity (Wildman–Crippen MR) is 107 cm³/mol. The van der Waals surface area contributed by atoms with E-state index >= 15 is 0 Å². The number of aromatic nitrogens is 1. The first-order valence-electron chi connectivity index (χ1n) is 9.30. The van der Waals surface area contributed by atoms with Gasteiger partial charge in [0.05, 0.1) is 11.9 Å². The fourth-order valence-electron chi connectivity index (χ4n) is 3.00. The van der Waals surface area contributed by atoms with Gasteiger partial charge in [0, 0.05) is 18.6 Å². The molecule has 1 fully saturated rings. The van der Waals surface area contributed by atoms with Crippen molar-refractivity contribution < 1.29 is 17.6 Å². The van der Waals surface area contributed by atoms with Crippen LogP contribution in [0.2, 0.25) is 0 Å². The van der Waals surface area contributed by atoms with Crippen LogP contribution >= 0.6 is 0 Å². The minimum Gasteiger partial charge on any atom is -0.438 e. The largest absolute Gasteiger partial charge is 0.438 e. The second-order valence-electron chi connectivity index (χ2n) is 7.88. The van der Waals surface area contributed by atoms with Gasteiger partial charge in [-0.25, -0.2) is 18.1 Å². The Bertz CT molecular complexity index is 924. The van der Waals surface area contributed by atoms with Crippen molar-refractivity contribution in [2.75, 3.05) is 23.3 Å². The summed E-state index contributed by atoms with van der Waals surface area (Å²) in [7, 11) is -3.84. The number of pyridine rings is 1. The van der Waals surface area contributed by atoms with Crippen molar-refractivity contribution in [3.63, 3.8) is 0 Å².